The molecule has 0 radical (unpaired) electrons. The number of anilines is 1. The van der Waals surface area contributed by atoms with Gasteiger partial charge in [0, 0.05) is 13.2 Å². The third-order valence-electron chi connectivity index (χ3n) is 3.37. The molecule has 1 aliphatic rings. The first-order valence-corrected chi connectivity index (χ1v) is 7.54. The molecule has 1 saturated heterocycles. The predicted octanol–water partition coefficient (Wildman–Crippen LogP) is 3.81. The fraction of sp³-hybridized carbons (Fsp3) is 0.500. The van der Waals surface area contributed by atoms with Gasteiger partial charge in [-0.3, -0.25) is 0 Å². The molecule has 102 valence electrons. The Balaban J connectivity index is 1.56. The van der Waals surface area contributed by atoms with Crippen molar-refractivity contribution in [3.05, 3.63) is 24.0 Å². The topological polar surface area (TPSA) is 34.2 Å². The van der Waals surface area contributed by atoms with Gasteiger partial charge in [0.05, 0.1) is 16.3 Å². The number of thiazole rings is 1. The van der Waals surface area contributed by atoms with Crippen LogP contribution in [0.2, 0.25) is 0 Å². The Labute approximate surface area is 115 Å². The van der Waals surface area contributed by atoms with Crippen LogP contribution >= 0.6 is 11.3 Å². The van der Waals surface area contributed by atoms with Crippen LogP contribution in [-0.4, -0.2) is 24.2 Å². The van der Waals surface area contributed by atoms with Crippen LogP contribution in [0.4, 0.5) is 9.52 Å². The molecule has 0 aliphatic carbocycles. The van der Waals surface area contributed by atoms with E-state index in [2.05, 4.69) is 10.3 Å². The summed E-state index contributed by atoms with van der Waals surface area (Å²) in [5.41, 5.74) is 0.850. The molecule has 1 aromatic heterocycles. The summed E-state index contributed by atoms with van der Waals surface area (Å²) < 4.78 is 19.7. The average Bonchev–Trinajstić information content (AvgIpc) is 2.82. The normalized spacial score (nSPS) is 19.7. The molecular weight excluding hydrogens is 263 g/mol. The summed E-state index contributed by atoms with van der Waals surface area (Å²) in [5.74, 6) is -0.210. The zero-order valence-corrected chi connectivity index (χ0v) is 11.5. The van der Waals surface area contributed by atoms with Crippen molar-refractivity contribution in [2.24, 2.45) is 0 Å². The van der Waals surface area contributed by atoms with Crippen molar-refractivity contribution >= 4 is 26.7 Å². The fourth-order valence-corrected chi connectivity index (χ4v) is 3.27. The monoisotopic (exact) mass is 280 g/mol. The van der Waals surface area contributed by atoms with E-state index >= 15 is 0 Å². The van der Waals surface area contributed by atoms with E-state index in [-0.39, 0.29) is 5.82 Å². The van der Waals surface area contributed by atoms with Gasteiger partial charge >= 0.3 is 0 Å². The molecule has 1 aromatic carbocycles. The zero-order valence-electron chi connectivity index (χ0n) is 10.7. The third kappa shape index (κ3) is 3.22. The van der Waals surface area contributed by atoms with Gasteiger partial charge < -0.3 is 10.1 Å². The highest BCUT2D eigenvalue weighted by molar-refractivity contribution is 7.22. The van der Waals surface area contributed by atoms with Gasteiger partial charge in [-0.1, -0.05) is 11.3 Å². The molecule has 1 atom stereocenters. The smallest absolute Gasteiger partial charge is 0.183 e. The largest absolute Gasteiger partial charge is 0.378 e. The van der Waals surface area contributed by atoms with Gasteiger partial charge in [0.2, 0.25) is 0 Å². The van der Waals surface area contributed by atoms with E-state index in [0.717, 1.165) is 41.3 Å². The van der Waals surface area contributed by atoms with E-state index in [4.69, 9.17) is 4.74 Å². The van der Waals surface area contributed by atoms with E-state index in [0.29, 0.717) is 6.10 Å². The molecule has 3 rings (SSSR count). The molecule has 0 saturated carbocycles. The predicted molar refractivity (Wildman–Crippen MR) is 76.3 cm³/mol. The lowest BCUT2D eigenvalue weighted by molar-refractivity contribution is 0.0134. The van der Waals surface area contributed by atoms with Crippen LogP contribution in [0, 0.1) is 5.82 Å². The fourth-order valence-electron chi connectivity index (χ4n) is 2.35. The molecule has 3 nitrogen and oxygen atoms in total. The van der Waals surface area contributed by atoms with Gasteiger partial charge in [-0.25, -0.2) is 9.37 Å². The molecule has 1 N–H and O–H groups in total. The van der Waals surface area contributed by atoms with Gasteiger partial charge in [0.15, 0.2) is 5.13 Å². The standard InChI is InChI=1S/C14H17FN2OS/c15-10-4-5-12-13(9-10)19-14(17-12)16-7-6-11-3-1-2-8-18-11/h4-5,9,11H,1-3,6-8H2,(H,16,17). The summed E-state index contributed by atoms with van der Waals surface area (Å²) >= 11 is 1.50. The maximum atomic E-state index is 13.1. The SMILES string of the molecule is Fc1ccc2nc(NCCC3CCCCO3)sc2c1. The van der Waals surface area contributed by atoms with Crippen molar-refractivity contribution in [1.29, 1.82) is 0 Å². The molecule has 0 amide bonds. The minimum atomic E-state index is -0.210. The third-order valence-corrected chi connectivity index (χ3v) is 4.34. The number of aromatic nitrogens is 1. The number of nitrogens with one attached hydrogen (secondary N) is 1. The highest BCUT2D eigenvalue weighted by Crippen LogP contribution is 2.26. The summed E-state index contributed by atoms with van der Waals surface area (Å²) in [5, 5.41) is 4.16. The first-order valence-electron chi connectivity index (χ1n) is 6.73. The molecule has 2 aromatic rings. The van der Waals surface area contributed by atoms with Gasteiger partial charge in [-0.05, 0) is 43.9 Å². The lowest BCUT2D eigenvalue weighted by Gasteiger charge is -2.22. The van der Waals surface area contributed by atoms with Crippen LogP contribution in [0.5, 0.6) is 0 Å². The van der Waals surface area contributed by atoms with Crippen LogP contribution in [0.1, 0.15) is 25.7 Å². The van der Waals surface area contributed by atoms with Gasteiger partial charge in [0.1, 0.15) is 5.82 Å². The highest BCUT2D eigenvalue weighted by Gasteiger charge is 2.13. The van der Waals surface area contributed by atoms with E-state index < -0.39 is 0 Å². The summed E-state index contributed by atoms with van der Waals surface area (Å²) in [6, 6.07) is 4.70. The number of ether oxygens (including phenoxy) is 1. The summed E-state index contributed by atoms with van der Waals surface area (Å²) in [6.45, 7) is 1.75. The molecule has 0 spiro atoms. The molecule has 1 fully saturated rings. The Bertz CT molecular complexity index is 551. The highest BCUT2D eigenvalue weighted by atomic mass is 32.1. The number of rotatable bonds is 4. The van der Waals surface area contributed by atoms with Gasteiger partial charge in [0.25, 0.3) is 0 Å². The van der Waals surface area contributed by atoms with E-state index in [9.17, 15) is 4.39 Å². The van der Waals surface area contributed by atoms with Crippen LogP contribution < -0.4 is 5.32 Å². The first-order chi connectivity index (χ1) is 9.31. The Hall–Kier alpha value is -1.20. The van der Waals surface area contributed by atoms with Crippen molar-refractivity contribution in [2.45, 2.75) is 31.8 Å². The van der Waals surface area contributed by atoms with Crippen LogP contribution in [0.25, 0.3) is 10.2 Å². The second-order valence-electron chi connectivity index (χ2n) is 4.84. The minimum Gasteiger partial charge on any atom is -0.378 e. The lowest BCUT2D eigenvalue weighted by Crippen LogP contribution is -2.21. The van der Waals surface area contributed by atoms with Crippen LogP contribution in [0.3, 0.4) is 0 Å². The molecule has 2 heterocycles. The van der Waals surface area contributed by atoms with Crippen molar-refractivity contribution in [3.63, 3.8) is 0 Å². The molecule has 19 heavy (non-hydrogen) atoms. The second kappa shape index (κ2) is 5.84. The van der Waals surface area contributed by atoms with Gasteiger partial charge in [-0.2, -0.15) is 0 Å². The maximum absolute atomic E-state index is 13.1. The lowest BCUT2D eigenvalue weighted by atomic mass is 10.1. The molecule has 5 heteroatoms. The molecule has 0 bridgehead atoms. The van der Waals surface area contributed by atoms with Gasteiger partial charge in [-0.15, -0.1) is 0 Å². The first kappa shape index (κ1) is 12.8. The second-order valence-corrected chi connectivity index (χ2v) is 5.87. The van der Waals surface area contributed by atoms with Crippen LogP contribution in [0.15, 0.2) is 18.2 Å². The van der Waals surface area contributed by atoms with Crippen molar-refractivity contribution in [3.8, 4) is 0 Å². The number of halogens is 1. The number of hydrogen-bond donors (Lipinski definition) is 1. The zero-order chi connectivity index (χ0) is 13.1. The molecule has 1 unspecified atom stereocenters. The Morgan fingerprint density at radius 1 is 1.42 bits per heavy atom. The summed E-state index contributed by atoms with van der Waals surface area (Å²) in [4.78, 5) is 4.44. The maximum Gasteiger partial charge on any atom is 0.183 e. The van der Waals surface area contributed by atoms with Crippen molar-refractivity contribution in [1.82, 2.24) is 4.98 Å². The van der Waals surface area contributed by atoms with E-state index in [1.807, 2.05) is 0 Å². The summed E-state index contributed by atoms with van der Waals surface area (Å²) in [6.07, 6.45) is 5.00. The number of hydrogen-bond acceptors (Lipinski definition) is 4. The summed E-state index contributed by atoms with van der Waals surface area (Å²) in [7, 11) is 0. The quantitative estimate of drug-likeness (QED) is 0.924. The van der Waals surface area contributed by atoms with Crippen molar-refractivity contribution < 1.29 is 9.13 Å². The average molecular weight is 280 g/mol. The Kier molecular flexibility index (Phi) is 3.94. The van der Waals surface area contributed by atoms with E-state index in [1.165, 1.54) is 36.3 Å². The number of nitrogens with zero attached hydrogens (tertiary/aromatic N) is 1. The van der Waals surface area contributed by atoms with Crippen LogP contribution in [-0.2, 0) is 4.74 Å². The van der Waals surface area contributed by atoms with E-state index in [1.54, 1.807) is 6.07 Å². The molecular formula is C14H17FN2OS. The Morgan fingerprint density at radius 2 is 2.37 bits per heavy atom. The van der Waals surface area contributed by atoms with Crippen molar-refractivity contribution in [2.75, 3.05) is 18.5 Å². The molecule has 1 aliphatic heterocycles. The number of fused-ring (bicyclic) bond motifs is 1. The Morgan fingerprint density at radius 3 is 3.21 bits per heavy atom. The minimum absolute atomic E-state index is 0.210. The number of benzene rings is 1.